The molecule has 0 aliphatic carbocycles. The van der Waals surface area contributed by atoms with E-state index in [1.54, 1.807) is 18.2 Å². The van der Waals surface area contributed by atoms with E-state index in [2.05, 4.69) is 0 Å². The number of hydrogen-bond acceptors (Lipinski definition) is 3. The van der Waals surface area contributed by atoms with Crippen molar-refractivity contribution in [3.8, 4) is 5.75 Å². The number of ketones is 1. The predicted molar refractivity (Wildman–Crippen MR) is 77.6 cm³/mol. The van der Waals surface area contributed by atoms with Gasteiger partial charge >= 0.3 is 0 Å². The van der Waals surface area contributed by atoms with E-state index in [4.69, 9.17) is 20.8 Å². The van der Waals surface area contributed by atoms with E-state index < -0.39 is 11.6 Å². The summed E-state index contributed by atoms with van der Waals surface area (Å²) in [5, 5.41) is 1.08. The van der Waals surface area contributed by atoms with Gasteiger partial charge in [-0.3, -0.25) is 4.79 Å². The Morgan fingerprint density at radius 2 is 2.00 bits per heavy atom. The van der Waals surface area contributed by atoms with E-state index in [9.17, 15) is 9.18 Å². The van der Waals surface area contributed by atoms with E-state index in [0.29, 0.717) is 16.0 Å². The first kappa shape index (κ1) is 13.6. The number of benzene rings is 2. The number of halogens is 2. The summed E-state index contributed by atoms with van der Waals surface area (Å²) in [7, 11) is 1.38. The van der Waals surface area contributed by atoms with Gasteiger partial charge in [-0.05, 0) is 30.3 Å². The average molecular weight is 305 g/mol. The summed E-state index contributed by atoms with van der Waals surface area (Å²) in [6.07, 6.45) is 0. The Bertz CT molecular complexity index is 839. The predicted octanol–water partition coefficient (Wildman–Crippen LogP) is 4.46. The van der Waals surface area contributed by atoms with Crippen molar-refractivity contribution in [1.29, 1.82) is 0 Å². The smallest absolute Gasteiger partial charge is 0.234 e. The Labute approximate surface area is 124 Å². The van der Waals surface area contributed by atoms with Gasteiger partial charge in [-0.1, -0.05) is 23.7 Å². The van der Waals surface area contributed by atoms with Gasteiger partial charge in [-0.2, -0.15) is 0 Å². The van der Waals surface area contributed by atoms with Crippen LogP contribution < -0.4 is 4.74 Å². The average Bonchev–Trinajstić information content (AvgIpc) is 2.92. The molecule has 3 aromatic rings. The zero-order valence-electron chi connectivity index (χ0n) is 11.0. The quantitative estimate of drug-likeness (QED) is 0.670. The van der Waals surface area contributed by atoms with Crippen LogP contribution in [0.4, 0.5) is 4.39 Å². The van der Waals surface area contributed by atoms with Crippen molar-refractivity contribution in [1.82, 2.24) is 0 Å². The summed E-state index contributed by atoms with van der Waals surface area (Å²) < 4.78 is 24.4. The highest BCUT2D eigenvalue weighted by molar-refractivity contribution is 6.35. The van der Waals surface area contributed by atoms with Crippen molar-refractivity contribution in [2.45, 2.75) is 0 Å². The van der Waals surface area contributed by atoms with Gasteiger partial charge in [-0.15, -0.1) is 0 Å². The third-order valence-corrected chi connectivity index (χ3v) is 3.48. The molecule has 21 heavy (non-hydrogen) atoms. The number of ether oxygens (including phenoxy) is 1. The van der Waals surface area contributed by atoms with Gasteiger partial charge in [0, 0.05) is 5.39 Å². The molecule has 0 unspecified atom stereocenters. The highest BCUT2D eigenvalue weighted by atomic mass is 35.5. The largest absolute Gasteiger partial charge is 0.496 e. The number of carbonyl (C=O) groups is 1. The maximum atomic E-state index is 13.9. The van der Waals surface area contributed by atoms with E-state index in [-0.39, 0.29) is 17.1 Å². The molecule has 0 saturated heterocycles. The summed E-state index contributed by atoms with van der Waals surface area (Å²) in [5.41, 5.74) is 0.316. The molecule has 1 aromatic heterocycles. The topological polar surface area (TPSA) is 39.4 Å². The maximum Gasteiger partial charge on any atom is 0.234 e. The first-order chi connectivity index (χ1) is 10.1. The van der Waals surface area contributed by atoms with Crippen LogP contribution in [0.1, 0.15) is 16.1 Å². The molecule has 1 heterocycles. The molecule has 0 fully saturated rings. The summed E-state index contributed by atoms with van der Waals surface area (Å²) in [4.78, 5) is 12.5. The van der Waals surface area contributed by atoms with Gasteiger partial charge in [-0.25, -0.2) is 4.39 Å². The second-order valence-electron chi connectivity index (χ2n) is 4.41. The molecule has 0 aliphatic heterocycles. The van der Waals surface area contributed by atoms with Crippen LogP contribution in [0.2, 0.25) is 5.02 Å². The van der Waals surface area contributed by atoms with Gasteiger partial charge in [0.1, 0.15) is 22.7 Å². The van der Waals surface area contributed by atoms with Crippen LogP contribution in [0.15, 0.2) is 46.9 Å². The zero-order chi connectivity index (χ0) is 15.0. The highest BCUT2D eigenvalue weighted by Crippen LogP contribution is 2.30. The fourth-order valence-electron chi connectivity index (χ4n) is 2.16. The molecule has 0 aliphatic rings. The normalized spacial score (nSPS) is 10.8. The molecule has 2 aromatic carbocycles. The lowest BCUT2D eigenvalue weighted by Gasteiger charge is -2.06. The van der Waals surface area contributed by atoms with E-state index in [1.165, 1.54) is 31.4 Å². The number of furan rings is 1. The standard InChI is InChI=1S/C16H10ClFO3/c1-20-13-7-3-5-11(18)15(13)16(19)14-8-9-10(17)4-2-6-12(9)21-14/h2-8H,1H3. The van der Waals surface area contributed by atoms with Gasteiger partial charge in [0.25, 0.3) is 0 Å². The molecule has 0 saturated carbocycles. The van der Waals surface area contributed by atoms with Crippen molar-refractivity contribution in [3.63, 3.8) is 0 Å². The van der Waals surface area contributed by atoms with Gasteiger partial charge < -0.3 is 9.15 Å². The molecule has 0 bridgehead atoms. The van der Waals surface area contributed by atoms with Crippen LogP contribution in [-0.4, -0.2) is 12.9 Å². The minimum Gasteiger partial charge on any atom is -0.496 e. The lowest BCUT2D eigenvalue weighted by Crippen LogP contribution is -2.05. The van der Waals surface area contributed by atoms with Crippen molar-refractivity contribution in [3.05, 3.63) is 64.6 Å². The lowest BCUT2D eigenvalue weighted by molar-refractivity contribution is 0.100. The molecule has 5 heteroatoms. The fraction of sp³-hybridized carbons (Fsp3) is 0.0625. The first-order valence-corrected chi connectivity index (χ1v) is 6.55. The number of methoxy groups -OCH3 is 1. The van der Waals surface area contributed by atoms with Crippen molar-refractivity contribution < 1.29 is 18.3 Å². The van der Waals surface area contributed by atoms with Crippen molar-refractivity contribution in [2.24, 2.45) is 0 Å². The molecule has 3 rings (SSSR count). The van der Waals surface area contributed by atoms with E-state index >= 15 is 0 Å². The molecule has 0 amide bonds. The molecule has 0 spiro atoms. The Morgan fingerprint density at radius 1 is 1.24 bits per heavy atom. The molecule has 0 atom stereocenters. The summed E-state index contributed by atoms with van der Waals surface area (Å²) in [5.74, 6) is -1.07. The van der Waals surface area contributed by atoms with Crippen LogP contribution in [0.5, 0.6) is 5.75 Å². The van der Waals surface area contributed by atoms with Crippen LogP contribution >= 0.6 is 11.6 Å². The molecule has 3 nitrogen and oxygen atoms in total. The second kappa shape index (κ2) is 5.22. The zero-order valence-corrected chi connectivity index (χ0v) is 11.8. The van der Waals surface area contributed by atoms with Gasteiger partial charge in [0.15, 0.2) is 5.76 Å². The second-order valence-corrected chi connectivity index (χ2v) is 4.82. The van der Waals surface area contributed by atoms with Crippen molar-refractivity contribution in [2.75, 3.05) is 7.11 Å². The van der Waals surface area contributed by atoms with Crippen LogP contribution in [-0.2, 0) is 0 Å². The third-order valence-electron chi connectivity index (χ3n) is 3.15. The summed E-state index contributed by atoms with van der Waals surface area (Å²) >= 11 is 6.04. The van der Waals surface area contributed by atoms with Crippen LogP contribution in [0.3, 0.4) is 0 Å². The molecule has 0 radical (unpaired) electrons. The van der Waals surface area contributed by atoms with E-state index in [1.807, 2.05) is 0 Å². The fourth-order valence-corrected chi connectivity index (χ4v) is 2.38. The molecular weight excluding hydrogens is 295 g/mol. The monoisotopic (exact) mass is 304 g/mol. The van der Waals surface area contributed by atoms with Crippen LogP contribution in [0, 0.1) is 5.82 Å². The number of fused-ring (bicyclic) bond motifs is 1. The lowest BCUT2D eigenvalue weighted by atomic mass is 10.1. The van der Waals surface area contributed by atoms with E-state index in [0.717, 1.165) is 0 Å². The molecule has 0 N–H and O–H groups in total. The molecular formula is C16H10ClFO3. The minimum absolute atomic E-state index is 0.0153. The maximum absolute atomic E-state index is 13.9. The highest BCUT2D eigenvalue weighted by Gasteiger charge is 2.22. The summed E-state index contributed by atoms with van der Waals surface area (Å²) in [6.45, 7) is 0. The summed E-state index contributed by atoms with van der Waals surface area (Å²) in [6, 6.07) is 10.8. The van der Waals surface area contributed by atoms with Gasteiger partial charge in [0.2, 0.25) is 5.78 Å². The Balaban J connectivity index is 2.15. The SMILES string of the molecule is COc1cccc(F)c1C(=O)c1cc2c(Cl)cccc2o1. The molecule has 106 valence electrons. The Kier molecular flexibility index (Phi) is 3.39. The Morgan fingerprint density at radius 3 is 2.71 bits per heavy atom. The number of rotatable bonds is 3. The number of hydrogen-bond donors (Lipinski definition) is 0. The first-order valence-electron chi connectivity index (χ1n) is 6.17. The third kappa shape index (κ3) is 2.28. The van der Waals surface area contributed by atoms with Crippen LogP contribution in [0.25, 0.3) is 11.0 Å². The minimum atomic E-state index is -0.661. The van der Waals surface area contributed by atoms with Gasteiger partial charge in [0.05, 0.1) is 12.1 Å². The Hall–Kier alpha value is -2.33. The van der Waals surface area contributed by atoms with Crippen molar-refractivity contribution >= 4 is 28.4 Å². The number of carbonyl (C=O) groups excluding carboxylic acids is 1.